The minimum absolute atomic E-state index is 0.0884. The van der Waals surface area contributed by atoms with Gasteiger partial charge in [0.05, 0.1) is 17.4 Å². The van der Waals surface area contributed by atoms with Crippen LogP contribution in [0.15, 0.2) is 62.0 Å². The fraction of sp³-hybridized carbons (Fsp3) is 0.100. The maximum atomic E-state index is 12.7. The van der Waals surface area contributed by atoms with Crippen LogP contribution in [0.5, 0.6) is 0 Å². The number of benzene rings is 1. The number of carbonyl (C=O) groups is 2. The van der Waals surface area contributed by atoms with Crippen LogP contribution in [0.2, 0.25) is 5.02 Å². The molecule has 0 spiro atoms. The van der Waals surface area contributed by atoms with Crippen LogP contribution in [-0.4, -0.2) is 44.5 Å². The molecule has 1 unspecified atom stereocenters. The fourth-order valence-electron chi connectivity index (χ4n) is 3.32. The lowest BCUT2D eigenvalue weighted by atomic mass is 10.1. The molecule has 170 valence electrons. The van der Waals surface area contributed by atoms with Crippen LogP contribution < -0.4 is 10.3 Å². The van der Waals surface area contributed by atoms with Gasteiger partial charge in [0.25, 0.3) is 17.8 Å². The van der Waals surface area contributed by atoms with E-state index in [-0.39, 0.29) is 17.5 Å². The molecule has 0 fully saturated rings. The number of aryl methyl sites for hydroxylation is 1. The number of rotatable bonds is 4. The largest absolute Gasteiger partial charge is 0.433 e. The first-order chi connectivity index (χ1) is 16.3. The average molecular weight is 481 g/mol. The van der Waals surface area contributed by atoms with Crippen LogP contribution in [0.3, 0.4) is 0 Å². The molecular formula is C20H13ClN8O5. The van der Waals surface area contributed by atoms with Crippen molar-refractivity contribution < 1.29 is 18.9 Å². The molecule has 4 heterocycles. The molecule has 2 aliphatic rings. The minimum Gasteiger partial charge on any atom is -0.395 e. The fourth-order valence-corrected chi connectivity index (χ4v) is 3.45. The first-order valence-electron chi connectivity index (χ1n) is 9.73. The Morgan fingerprint density at radius 2 is 1.97 bits per heavy atom. The number of carbonyl (C=O) groups excluding carboxylic acids is 2. The second kappa shape index (κ2) is 8.04. The molecule has 14 heteroatoms. The predicted octanol–water partition coefficient (Wildman–Crippen LogP) is 2.86. The number of furan rings is 1. The Hall–Kier alpha value is -4.65. The van der Waals surface area contributed by atoms with Crippen molar-refractivity contribution in [2.75, 3.05) is 10.3 Å². The molecule has 13 nitrogen and oxygen atoms in total. The third-order valence-electron chi connectivity index (χ3n) is 4.85. The van der Waals surface area contributed by atoms with E-state index in [4.69, 9.17) is 16.0 Å². The zero-order valence-electron chi connectivity index (χ0n) is 17.2. The molecule has 1 atom stereocenters. The van der Waals surface area contributed by atoms with Gasteiger partial charge in [0, 0.05) is 17.3 Å². The number of fused-ring (bicyclic) bond motifs is 1. The summed E-state index contributed by atoms with van der Waals surface area (Å²) < 4.78 is 6.12. The molecule has 34 heavy (non-hydrogen) atoms. The standard InChI is InChI=1S/C20H13ClN8O5/c1-10-8-15(23-19(31)14-6-7-16(34-14)29(32)33)28(26-10)20-24-17-13(18(30)25-20)9-22-27(17)12-4-2-11(21)3-5-12/h2-9,13H,1H3,(H,23,31). The predicted molar refractivity (Wildman–Crippen MR) is 121 cm³/mol. The van der Waals surface area contributed by atoms with Gasteiger partial charge < -0.3 is 9.73 Å². The maximum absolute atomic E-state index is 12.7. The van der Waals surface area contributed by atoms with Crippen LogP contribution in [0, 0.1) is 23.0 Å². The highest BCUT2D eigenvalue weighted by Crippen LogP contribution is 2.27. The van der Waals surface area contributed by atoms with Gasteiger partial charge in [-0.05, 0) is 37.3 Å². The van der Waals surface area contributed by atoms with Crippen molar-refractivity contribution in [3.8, 4) is 0 Å². The molecule has 3 aromatic rings. The van der Waals surface area contributed by atoms with Gasteiger partial charge in [0.15, 0.2) is 11.6 Å². The summed E-state index contributed by atoms with van der Waals surface area (Å²) in [6.07, 6.45) is 1.44. The van der Waals surface area contributed by atoms with Crippen molar-refractivity contribution in [2.45, 2.75) is 6.92 Å². The summed E-state index contributed by atoms with van der Waals surface area (Å²) >= 11 is 5.96. The molecule has 1 N–H and O–H groups in total. The third kappa shape index (κ3) is 3.73. The number of nitrogens with zero attached hydrogens (tertiary/aromatic N) is 7. The number of hydrazone groups is 1. The van der Waals surface area contributed by atoms with E-state index in [0.29, 0.717) is 22.2 Å². The highest BCUT2D eigenvalue weighted by molar-refractivity contribution is 6.31. The van der Waals surface area contributed by atoms with Gasteiger partial charge in [0.1, 0.15) is 16.7 Å². The van der Waals surface area contributed by atoms with E-state index in [1.54, 1.807) is 31.2 Å². The van der Waals surface area contributed by atoms with E-state index in [1.807, 2.05) is 0 Å². The second-order valence-corrected chi connectivity index (χ2v) is 7.62. The molecule has 2 aromatic heterocycles. The van der Waals surface area contributed by atoms with Crippen LogP contribution in [0.25, 0.3) is 0 Å². The van der Waals surface area contributed by atoms with Crippen molar-refractivity contribution in [2.24, 2.45) is 21.0 Å². The Labute approximate surface area is 195 Å². The maximum Gasteiger partial charge on any atom is 0.433 e. The van der Waals surface area contributed by atoms with Gasteiger partial charge in [-0.3, -0.25) is 19.7 Å². The van der Waals surface area contributed by atoms with Gasteiger partial charge in [-0.15, -0.1) is 0 Å². The van der Waals surface area contributed by atoms with Crippen molar-refractivity contribution in [1.82, 2.24) is 9.78 Å². The second-order valence-electron chi connectivity index (χ2n) is 7.18. The number of nitro groups is 1. The molecule has 0 aliphatic carbocycles. The van der Waals surface area contributed by atoms with Crippen molar-refractivity contribution >= 4 is 58.8 Å². The van der Waals surface area contributed by atoms with Crippen molar-refractivity contribution in [1.29, 1.82) is 0 Å². The Morgan fingerprint density at radius 3 is 2.68 bits per heavy atom. The number of aliphatic imine (C=N–C) groups is 2. The molecule has 1 aromatic carbocycles. The van der Waals surface area contributed by atoms with Gasteiger partial charge in [-0.2, -0.15) is 24.9 Å². The smallest absolute Gasteiger partial charge is 0.395 e. The average Bonchev–Trinajstić information content (AvgIpc) is 3.53. The lowest BCUT2D eigenvalue weighted by Gasteiger charge is -2.20. The molecule has 0 radical (unpaired) electrons. The summed E-state index contributed by atoms with van der Waals surface area (Å²) in [6.45, 7) is 1.67. The van der Waals surface area contributed by atoms with E-state index >= 15 is 0 Å². The Kier molecular flexibility index (Phi) is 5.02. The van der Waals surface area contributed by atoms with Gasteiger partial charge in [-0.1, -0.05) is 11.6 Å². The monoisotopic (exact) mass is 480 g/mol. The van der Waals surface area contributed by atoms with Gasteiger partial charge in [-0.25, -0.2) is 5.01 Å². The first kappa shape index (κ1) is 21.2. The number of hydrogen-bond donors (Lipinski definition) is 1. The van der Waals surface area contributed by atoms with E-state index in [0.717, 1.165) is 6.07 Å². The van der Waals surface area contributed by atoms with E-state index < -0.39 is 28.5 Å². The number of aromatic nitrogens is 2. The minimum atomic E-state index is -0.766. The SMILES string of the molecule is Cc1cc(NC(=O)c2ccc([N+](=O)[O-])o2)n(C2=NC(=O)C3C=NN(c4ccc(Cl)cc4)C3=N2)n1. The summed E-state index contributed by atoms with van der Waals surface area (Å²) in [4.78, 5) is 43.8. The summed E-state index contributed by atoms with van der Waals surface area (Å²) in [5.41, 5.74) is 1.14. The van der Waals surface area contributed by atoms with Gasteiger partial charge in [0.2, 0.25) is 0 Å². The van der Waals surface area contributed by atoms with Crippen molar-refractivity contribution in [3.63, 3.8) is 0 Å². The zero-order chi connectivity index (χ0) is 24.0. The summed E-state index contributed by atoms with van der Waals surface area (Å²) in [5.74, 6) is -2.52. The van der Waals surface area contributed by atoms with Gasteiger partial charge >= 0.3 is 5.88 Å². The Balaban J connectivity index is 1.46. The Bertz CT molecular complexity index is 1440. The van der Waals surface area contributed by atoms with Crippen LogP contribution in [0.1, 0.15) is 16.2 Å². The topological polar surface area (TPSA) is 161 Å². The molecule has 5 rings (SSSR count). The highest BCUT2D eigenvalue weighted by Gasteiger charge is 2.37. The zero-order valence-corrected chi connectivity index (χ0v) is 18.0. The number of halogens is 1. The number of nitrogens with one attached hydrogen (secondary N) is 1. The number of amides is 2. The van der Waals surface area contributed by atoms with Crippen LogP contribution >= 0.6 is 11.6 Å². The van der Waals surface area contributed by atoms with E-state index in [1.165, 1.54) is 28.0 Å². The third-order valence-corrected chi connectivity index (χ3v) is 5.10. The summed E-state index contributed by atoms with van der Waals surface area (Å²) in [7, 11) is 0. The molecule has 2 amide bonds. The lowest BCUT2D eigenvalue weighted by molar-refractivity contribution is -0.402. The van der Waals surface area contributed by atoms with Crippen LogP contribution in [0.4, 0.5) is 17.4 Å². The molecule has 2 aliphatic heterocycles. The summed E-state index contributed by atoms with van der Waals surface area (Å²) in [5, 5.41) is 23.9. The number of anilines is 2. The lowest BCUT2D eigenvalue weighted by Crippen LogP contribution is -2.36. The van der Waals surface area contributed by atoms with E-state index in [2.05, 4.69) is 25.5 Å². The number of hydrogen-bond acceptors (Lipinski definition) is 9. The highest BCUT2D eigenvalue weighted by atomic mass is 35.5. The molecule has 0 saturated carbocycles. The van der Waals surface area contributed by atoms with E-state index in [9.17, 15) is 19.7 Å². The first-order valence-corrected chi connectivity index (χ1v) is 10.1. The Morgan fingerprint density at radius 1 is 1.21 bits per heavy atom. The molecule has 0 saturated heterocycles. The summed E-state index contributed by atoms with van der Waals surface area (Å²) in [6, 6.07) is 10.6. The number of amidine groups is 1. The normalized spacial score (nSPS) is 16.8. The van der Waals surface area contributed by atoms with Crippen LogP contribution in [-0.2, 0) is 4.79 Å². The van der Waals surface area contributed by atoms with Crippen molar-refractivity contribution in [3.05, 3.63) is 69.1 Å². The molecular weight excluding hydrogens is 468 g/mol. The molecule has 0 bridgehead atoms. The quantitative estimate of drug-likeness (QED) is 0.443.